The topological polar surface area (TPSA) is 87.7 Å². The Morgan fingerprint density at radius 1 is 1.43 bits per heavy atom. The van der Waals surface area contributed by atoms with E-state index in [-0.39, 0.29) is 6.61 Å². The number of nitrogens with zero attached hydrogens (tertiary/aromatic N) is 1. The molecule has 0 aliphatic heterocycles. The Morgan fingerprint density at radius 3 is 2.57 bits per heavy atom. The fourth-order valence-corrected chi connectivity index (χ4v) is 1.82. The average molecular weight is 199 g/mol. The van der Waals surface area contributed by atoms with Crippen molar-refractivity contribution in [2.45, 2.75) is 32.1 Å². The number of aliphatic hydroxyl groups excluding tert-OH is 1. The molecule has 80 valence electrons. The van der Waals surface area contributed by atoms with Crippen molar-refractivity contribution in [1.82, 2.24) is 5.43 Å². The number of carbonyl (C=O) groups excluding carboxylic acids is 1. The number of carbonyl (C=O) groups is 1. The number of hydrazone groups is 1. The minimum atomic E-state index is -0.688. The number of nitrogens with two attached hydrogens (primary N) is 1. The van der Waals surface area contributed by atoms with Crippen molar-refractivity contribution >= 4 is 11.7 Å². The largest absolute Gasteiger partial charge is 0.390 e. The van der Waals surface area contributed by atoms with E-state index in [2.05, 4.69) is 10.5 Å². The summed E-state index contributed by atoms with van der Waals surface area (Å²) in [6.45, 7) is -0.106. The number of primary amides is 1. The van der Waals surface area contributed by atoms with Gasteiger partial charge in [0.2, 0.25) is 0 Å². The van der Waals surface area contributed by atoms with E-state index in [0.717, 1.165) is 12.8 Å². The molecule has 0 aromatic carbocycles. The van der Waals surface area contributed by atoms with E-state index in [0.29, 0.717) is 11.6 Å². The molecule has 0 aromatic heterocycles. The monoisotopic (exact) mass is 199 g/mol. The standard InChI is InChI=1S/C9H17N3O2/c10-9(14)12-11-8(6-13)7-4-2-1-3-5-7/h7,13H,1-6H2,(H3,10,12,14)/b11-8+. The molecule has 5 heteroatoms. The maximum absolute atomic E-state index is 10.4. The van der Waals surface area contributed by atoms with Crippen LogP contribution in [0.4, 0.5) is 4.79 Å². The number of rotatable bonds is 3. The van der Waals surface area contributed by atoms with Crippen LogP contribution in [0.1, 0.15) is 32.1 Å². The van der Waals surface area contributed by atoms with Crippen LogP contribution in [0, 0.1) is 5.92 Å². The van der Waals surface area contributed by atoms with Gasteiger partial charge in [-0.2, -0.15) is 5.10 Å². The Labute approximate surface area is 83.4 Å². The molecule has 2 amide bonds. The fraction of sp³-hybridized carbons (Fsp3) is 0.778. The van der Waals surface area contributed by atoms with Gasteiger partial charge in [0.1, 0.15) is 0 Å². The van der Waals surface area contributed by atoms with Crippen molar-refractivity contribution in [3.05, 3.63) is 0 Å². The zero-order valence-electron chi connectivity index (χ0n) is 8.20. The molecule has 0 spiro atoms. The van der Waals surface area contributed by atoms with Crippen LogP contribution in [0.5, 0.6) is 0 Å². The maximum Gasteiger partial charge on any atom is 0.332 e. The van der Waals surface area contributed by atoms with Crippen LogP contribution in [-0.2, 0) is 0 Å². The van der Waals surface area contributed by atoms with Crippen molar-refractivity contribution in [2.75, 3.05) is 6.61 Å². The number of urea groups is 1. The van der Waals surface area contributed by atoms with E-state index in [1.807, 2.05) is 0 Å². The second-order valence-electron chi connectivity index (χ2n) is 3.57. The van der Waals surface area contributed by atoms with Gasteiger partial charge in [-0.1, -0.05) is 19.3 Å². The lowest BCUT2D eigenvalue weighted by Gasteiger charge is -2.21. The Morgan fingerprint density at radius 2 is 2.07 bits per heavy atom. The highest BCUT2D eigenvalue weighted by Crippen LogP contribution is 2.24. The van der Waals surface area contributed by atoms with Crippen molar-refractivity contribution in [2.24, 2.45) is 16.8 Å². The molecular weight excluding hydrogens is 182 g/mol. The van der Waals surface area contributed by atoms with Crippen LogP contribution in [0.25, 0.3) is 0 Å². The summed E-state index contributed by atoms with van der Waals surface area (Å²) in [6.07, 6.45) is 5.67. The van der Waals surface area contributed by atoms with Crippen molar-refractivity contribution in [3.8, 4) is 0 Å². The third-order valence-electron chi connectivity index (χ3n) is 2.55. The van der Waals surface area contributed by atoms with Gasteiger partial charge in [0.15, 0.2) is 0 Å². The summed E-state index contributed by atoms with van der Waals surface area (Å²) in [5, 5.41) is 12.9. The van der Waals surface area contributed by atoms with Gasteiger partial charge in [0, 0.05) is 5.92 Å². The first kappa shape index (κ1) is 11.0. The van der Waals surface area contributed by atoms with Crippen LogP contribution < -0.4 is 11.2 Å². The summed E-state index contributed by atoms with van der Waals surface area (Å²) in [7, 11) is 0. The van der Waals surface area contributed by atoms with Gasteiger partial charge in [0.05, 0.1) is 12.3 Å². The predicted octanol–water partition coefficient (Wildman–Crippen LogP) is 0.583. The lowest BCUT2D eigenvalue weighted by atomic mass is 9.86. The molecule has 0 radical (unpaired) electrons. The SMILES string of the molecule is NC(=O)N/N=C(\CO)C1CCCCC1. The van der Waals surface area contributed by atoms with Crippen LogP contribution in [-0.4, -0.2) is 23.5 Å². The highest BCUT2D eigenvalue weighted by molar-refractivity contribution is 5.88. The van der Waals surface area contributed by atoms with Crippen molar-refractivity contribution < 1.29 is 9.90 Å². The van der Waals surface area contributed by atoms with E-state index in [9.17, 15) is 4.79 Å². The smallest absolute Gasteiger partial charge is 0.332 e. The normalized spacial score (nSPS) is 19.4. The lowest BCUT2D eigenvalue weighted by Crippen LogP contribution is -2.29. The zero-order valence-corrected chi connectivity index (χ0v) is 8.20. The predicted molar refractivity (Wildman–Crippen MR) is 53.8 cm³/mol. The van der Waals surface area contributed by atoms with Crippen LogP contribution in [0.2, 0.25) is 0 Å². The molecule has 4 N–H and O–H groups in total. The summed E-state index contributed by atoms with van der Waals surface area (Å²) >= 11 is 0. The molecule has 1 rings (SSSR count). The van der Waals surface area contributed by atoms with Gasteiger partial charge >= 0.3 is 6.03 Å². The van der Waals surface area contributed by atoms with Gasteiger partial charge in [-0.15, -0.1) is 0 Å². The van der Waals surface area contributed by atoms with Crippen LogP contribution >= 0.6 is 0 Å². The van der Waals surface area contributed by atoms with E-state index in [1.54, 1.807) is 0 Å². The summed E-state index contributed by atoms with van der Waals surface area (Å²) in [4.78, 5) is 10.4. The number of amides is 2. The number of hydrogen-bond donors (Lipinski definition) is 3. The van der Waals surface area contributed by atoms with Gasteiger partial charge in [0.25, 0.3) is 0 Å². The second-order valence-corrected chi connectivity index (χ2v) is 3.57. The highest BCUT2D eigenvalue weighted by Gasteiger charge is 2.18. The minimum Gasteiger partial charge on any atom is -0.390 e. The number of hydrogen-bond acceptors (Lipinski definition) is 3. The summed E-state index contributed by atoms with van der Waals surface area (Å²) in [5.41, 5.74) is 7.69. The molecule has 1 aliphatic carbocycles. The molecule has 0 aromatic rings. The first-order chi connectivity index (χ1) is 6.74. The zero-order chi connectivity index (χ0) is 10.4. The molecular formula is C9H17N3O2. The molecule has 0 atom stereocenters. The second kappa shape index (κ2) is 5.59. The highest BCUT2D eigenvalue weighted by atomic mass is 16.3. The Bertz CT molecular complexity index is 222. The lowest BCUT2D eigenvalue weighted by molar-refractivity contribution is 0.249. The average Bonchev–Trinajstić information content (AvgIpc) is 2.20. The molecule has 14 heavy (non-hydrogen) atoms. The molecule has 5 nitrogen and oxygen atoms in total. The Balaban J connectivity index is 2.50. The van der Waals surface area contributed by atoms with E-state index >= 15 is 0 Å². The summed E-state index contributed by atoms with van der Waals surface area (Å²) in [6, 6.07) is -0.688. The van der Waals surface area contributed by atoms with Gasteiger partial charge in [-0.3, -0.25) is 0 Å². The summed E-state index contributed by atoms with van der Waals surface area (Å²) in [5.74, 6) is 0.306. The number of aliphatic hydroxyl groups is 1. The first-order valence-electron chi connectivity index (χ1n) is 4.96. The van der Waals surface area contributed by atoms with E-state index in [1.165, 1.54) is 19.3 Å². The minimum absolute atomic E-state index is 0.106. The van der Waals surface area contributed by atoms with Gasteiger partial charge < -0.3 is 10.8 Å². The molecule has 0 bridgehead atoms. The number of nitrogens with one attached hydrogen (secondary N) is 1. The van der Waals surface area contributed by atoms with Crippen molar-refractivity contribution in [3.63, 3.8) is 0 Å². The molecule has 1 fully saturated rings. The van der Waals surface area contributed by atoms with Gasteiger partial charge in [-0.05, 0) is 12.8 Å². The van der Waals surface area contributed by atoms with Gasteiger partial charge in [-0.25, -0.2) is 10.2 Å². The van der Waals surface area contributed by atoms with E-state index < -0.39 is 6.03 Å². The first-order valence-corrected chi connectivity index (χ1v) is 4.96. The molecule has 0 heterocycles. The maximum atomic E-state index is 10.4. The third-order valence-corrected chi connectivity index (χ3v) is 2.55. The molecule has 1 saturated carbocycles. The Hall–Kier alpha value is -1.10. The molecule has 1 aliphatic rings. The fourth-order valence-electron chi connectivity index (χ4n) is 1.82. The van der Waals surface area contributed by atoms with Crippen LogP contribution in [0.15, 0.2) is 5.10 Å². The van der Waals surface area contributed by atoms with Crippen LogP contribution in [0.3, 0.4) is 0 Å². The Kier molecular flexibility index (Phi) is 4.39. The quantitative estimate of drug-likeness (QED) is 0.458. The molecule has 0 unspecified atom stereocenters. The molecule has 0 saturated heterocycles. The third kappa shape index (κ3) is 3.33. The van der Waals surface area contributed by atoms with Crippen molar-refractivity contribution in [1.29, 1.82) is 0 Å². The summed E-state index contributed by atoms with van der Waals surface area (Å²) < 4.78 is 0. The van der Waals surface area contributed by atoms with E-state index in [4.69, 9.17) is 10.8 Å².